The Morgan fingerprint density at radius 2 is 2.02 bits per heavy atom. The van der Waals surface area contributed by atoms with Gasteiger partial charge in [0.1, 0.15) is 36.3 Å². The number of ether oxygens (including phenoxy) is 2. The zero-order chi connectivity index (χ0) is 31.2. The predicted molar refractivity (Wildman–Crippen MR) is 173 cm³/mol. The largest absolute Gasteiger partial charge is 0.487 e. The molecule has 1 aromatic carbocycles. The molecule has 0 radical (unpaired) electrons. The van der Waals surface area contributed by atoms with Crippen LogP contribution >= 0.6 is 0 Å². The fourth-order valence-electron chi connectivity index (χ4n) is 6.48. The third-order valence-electron chi connectivity index (χ3n) is 9.01. The van der Waals surface area contributed by atoms with Crippen LogP contribution in [0.15, 0.2) is 67.4 Å². The molecule has 2 atom stereocenters. The van der Waals surface area contributed by atoms with Crippen molar-refractivity contribution < 1.29 is 14.3 Å². The van der Waals surface area contributed by atoms with Crippen molar-refractivity contribution in [1.29, 1.82) is 0 Å². The molecule has 0 unspecified atom stereocenters. The lowest BCUT2D eigenvalue weighted by Crippen LogP contribution is -2.56. The quantitative estimate of drug-likeness (QED) is 0.278. The molecule has 1 amide bonds. The van der Waals surface area contributed by atoms with Crippen LogP contribution in [0.3, 0.4) is 0 Å². The summed E-state index contributed by atoms with van der Waals surface area (Å²) in [5.41, 5.74) is 3.82. The average molecular weight is 619 g/mol. The van der Waals surface area contributed by atoms with E-state index in [1.165, 1.54) is 19.1 Å². The molecule has 3 aliphatic rings. The van der Waals surface area contributed by atoms with Gasteiger partial charge in [-0.3, -0.25) is 9.69 Å². The molecule has 0 aliphatic carbocycles. The summed E-state index contributed by atoms with van der Waals surface area (Å²) >= 11 is 0. The molecular weight excluding hydrogens is 584 g/mol. The van der Waals surface area contributed by atoms with Crippen molar-refractivity contribution in [2.75, 3.05) is 50.1 Å². The van der Waals surface area contributed by atoms with E-state index in [0.717, 1.165) is 35.8 Å². The smallest absolute Gasteiger partial charge is 0.246 e. The lowest BCUT2D eigenvalue weighted by Gasteiger charge is -2.39. The van der Waals surface area contributed by atoms with Crippen LogP contribution in [-0.4, -0.2) is 97.2 Å². The number of carbonyl (C=O) groups is 1. The van der Waals surface area contributed by atoms with Gasteiger partial charge in [0.25, 0.3) is 0 Å². The summed E-state index contributed by atoms with van der Waals surface area (Å²) in [4.78, 5) is 37.9. The first-order valence-corrected chi connectivity index (χ1v) is 15.6. The van der Waals surface area contributed by atoms with E-state index in [0.29, 0.717) is 66.3 Å². The van der Waals surface area contributed by atoms with Gasteiger partial charge < -0.3 is 24.6 Å². The number of fused-ring (bicyclic) bond motifs is 6. The van der Waals surface area contributed by atoms with Gasteiger partial charge in [-0.1, -0.05) is 6.08 Å². The van der Waals surface area contributed by atoms with Gasteiger partial charge in [-0.15, -0.1) is 0 Å². The van der Waals surface area contributed by atoms with Crippen molar-refractivity contribution in [2.24, 2.45) is 0 Å². The minimum absolute atomic E-state index is 0.0399. The van der Waals surface area contributed by atoms with Crippen LogP contribution in [0.2, 0.25) is 0 Å². The lowest BCUT2D eigenvalue weighted by atomic mass is 10.1. The fraction of sp³-hybridized carbons (Fsp3) is 0.333. The van der Waals surface area contributed by atoms with E-state index in [9.17, 15) is 4.79 Å². The number of piperazine rings is 1. The maximum Gasteiger partial charge on any atom is 0.246 e. The molecule has 4 aromatic heterocycles. The molecule has 0 saturated carbocycles. The van der Waals surface area contributed by atoms with Crippen molar-refractivity contribution in [3.8, 4) is 17.2 Å². The summed E-state index contributed by atoms with van der Waals surface area (Å²) < 4.78 is 14.1. The topological polar surface area (TPSA) is 126 Å². The van der Waals surface area contributed by atoms with E-state index in [1.54, 1.807) is 10.6 Å². The Labute approximate surface area is 265 Å². The Hall–Kier alpha value is -5.30. The Kier molecular flexibility index (Phi) is 7.09. The van der Waals surface area contributed by atoms with Gasteiger partial charge >= 0.3 is 0 Å². The molecule has 0 spiro atoms. The number of hydrogen-bond donors (Lipinski definition) is 1. The molecule has 1 N–H and O–H groups in total. The van der Waals surface area contributed by atoms with E-state index >= 15 is 0 Å². The van der Waals surface area contributed by atoms with E-state index in [2.05, 4.69) is 48.3 Å². The number of hydrogen-bond acceptors (Lipinski definition) is 11. The lowest BCUT2D eigenvalue weighted by molar-refractivity contribution is -0.129. The molecular formula is C33H34N10O3. The molecule has 3 aliphatic heterocycles. The number of anilines is 3. The number of nitrogens with one attached hydrogen (secondary N) is 1. The molecule has 46 heavy (non-hydrogen) atoms. The van der Waals surface area contributed by atoms with Crippen LogP contribution in [0, 0.1) is 6.92 Å². The third-order valence-corrected chi connectivity index (χ3v) is 9.01. The van der Waals surface area contributed by atoms with Gasteiger partial charge in [-0.25, -0.2) is 24.5 Å². The number of amides is 1. The zero-order valence-electron chi connectivity index (χ0n) is 25.7. The van der Waals surface area contributed by atoms with Gasteiger partial charge in [-0.05, 0) is 63.2 Å². The van der Waals surface area contributed by atoms with Crippen molar-refractivity contribution >= 4 is 39.9 Å². The molecule has 2 saturated heterocycles. The van der Waals surface area contributed by atoms with Crippen molar-refractivity contribution in [1.82, 2.24) is 39.3 Å². The zero-order valence-corrected chi connectivity index (χ0v) is 25.7. The molecule has 2 fully saturated rings. The average Bonchev–Trinajstić information content (AvgIpc) is 3.68. The summed E-state index contributed by atoms with van der Waals surface area (Å²) in [6.07, 6.45) is 10.9. The number of benzene rings is 1. The van der Waals surface area contributed by atoms with Crippen LogP contribution in [0.5, 0.6) is 17.2 Å². The molecule has 8 rings (SSSR count). The van der Waals surface area contributed by atoms with E-state index in [-0.39, 0.29) is 11.9 Å². The van der Waals surface area contributed by atoms with Crippen molar-refractivity contribution in [2.45, 2.75) is 31.8 Å². The highest BCUT2D eigenvalue weighted by atomic mass is 16.5. The number of aromatic nitrogens is 6. The van der Waals surface area contributed by atoms with Crippen LogP contribution in [-0.2, 0) is 4.79 Å². The van der Waals surface area contributed by atoms with E-state index < -0.39 is 0 Å². The van der Waals surface area contributed by atoms with Gasteiger partial charge in [0.2, 0.25) is 5.91 Å². The number of pyridine rings is 2. The van der Waals surface area contributed by atoms with Crippen molar-refractivity contribution in [3.63, 3.8) is 0 Å². The summed E-state index contributed by atoms with van der Waals surface area (Å²) in [5, 5.41) is 7.55. The Balaban J connectivity index is 1.00. The highest BCUT2D eigenvalue weighted by molar-refractivity contribution is 5.91. The summed E-state index contributed by atoms with van der Waals surface area (Å²) in [7, 11) is 2.11. The van der Waals surface area contributed by atoms with Gasteiger partial charge in [-0.2, -0.15) is 5.10 Å². The molecule has 7 heterocycles. The van der Waals surface area contributed by atoms with Crippen LogP contribution < -0.4 is 19.7 Å². The number of likely N-dealkylation sites (N-methyl/N-ethyl adjacent to an activating group) is 1. The molecule has 2 bridgehead atoms. The van der Waals surface area contributed by atoms with Gasteiger partial charge in [0.05, 0.1) is 11.6 Å². The SMILES string of the molecule is Cc1cc(Nc2ncnc3cc4c(nc23)N2CCN(C(=O)/C=C/[C@H]3CCCN3C)[C@@H](CO4)C2)ccc1Oc1ccn2ncnc2c1. The van der Waals surface area contributed by atoms with Crippen LogP contribution in [0.1, 0.15) is 18.4 Å². The summed E-state index contributed by atoms with van der Waals surface area (Å²) in [6, 6.07) is 11.7. The van der Waals surface area contributed by atoms with Crippen molar-refractivity contribution in [3.05, 3.63) is 73.0 Å². The number of carbonyl (C=O) groups excluding carboxylic acids is 1. The van der Waals surface area contributed by atoms with Crippen LogP contribution in [0.25, 0.3) is 16.7 Å². The Bertz CT molecular complexity index is 1980. The normalized spacial score (nSPS) is 19.8. The number of nitrogens with zero attached hydrogens (tertiary/aromatic N) is 9. The maximum atomic E-state index is 13.2. The molecule has 5 aromatic rings. The minimum atomic E-state index is -0.0739. The number of likely N-dealkylation sites (tertiary alicyclic amines) is 1. The first-order valence-electron chi connectivity index (χ1n) is 15.6. The molecule has 13 nitrogen and oxygen atoms in total. The first-order chi connectivity index (χ1) is 22.5. The summed E-state index contributed by atoms with van der Waals surface area (Å²) in [6.45, 7) is 5.38. The maximum absolute atomic E-state index is 13.2. The molecule has 13 heteroatoms. The second-order valence-corrected chi connectivity index (χ2v) is 12.0. The van der Waals surface area contributed by atoms with E-state index in [4.69, 9.17) is 14.5 Å². The van der Waals surface area contributed by atoms with Gasteiger partial charge in [0, 0.05) is 55.8 Å². The monoisotopic (exact) mass is 618 g/mol. The first kappa shape index (κ1) is 28.2. The Morgan fingerprint density at radius 1 is 1.09 bits per heavy atom. The Morgan fingerprint density at radius 3 is 2.89 bits per heavy atom. The fourth-order valence-corrected chi connectivity index (χ4v) is 6.48. The minimum Gasteiger partial charge on any atom is -0.487 e. The van der Waals surface area contributed by atoms with Gasteiger partial charge in [0.15, 0.2) is 23.0 Å². The predicted octanol–water partition coefficient (Wildman–Crippen LogP) is 3.97. The second-order valence-electron chi connectivity index (χ2n) is 12.0. The van der Waals surface area contributed by atoms with E-state index in [1.807, 2.05) is 54.4 Å². The van der Waals surface area contributed by atoms with Crippen LogP contribution in [0.4, 0.5) is 17.3 Å². The highest BCUT2D eigenvalue weighted by Gasteiger charge is 2.35. The summed E-state index contributed by atoms with van der Waals surface area (Å²) in [5.74, 6) is 3.45. The highest BCUT2D eigenvalue weighted by Crippen LogP contribution is 2.36. The standard InChI is InChI=1S/C33H34N10O3/c1-21-14-22(5-7-27(21)46-25-9-11-43-29(15-25)35-20-37-43)38-32-31-26(34-19-36-32)16-28-33(39-31)41-12-13-42(24(17-41)18-45-28)30(44)8-6-23-4-3-10-40(23)2/h5-9,11,14-16,19-20,23-24H,3-4,10,12-13,17-18H2,1-2H3,(H,34,36,38)/b8-6+/t23-,24-/m1/s1. The third kappa shape index (κ3) is 5.32. The number of aryl methyl sites for hydroxylation is 1. The number of rotatable bonds is 6. The second kappa shape index (κ2) is 11.6. The molecule has 234 valence electrons.